The van der Waals surface area contributed by atoms with Gasteiger partial charge in [0.15, 0.2) is 5.75 Å². The SMILES string of the molecule is Cc1cccc(Oc2cnc(Cl)cc2C(=O)NCCc2ccccc2Cl)c1. The molecule has 0 bridgehead atoms. The van der Waals surface area contributed by atoms with Crippen molar-refractivity contribution < 1.29 is 9.53 Å². The van der Waals surface area contributed by atoms with Gasteiger partial charge in [-0.05, 0) is 48.7 Å². The Kier molecular flexibility index (Phi) is 6.32. The number of carbonyl (C=O) groups is 1. The highest BCUT2D eigenvalue weighted by Gasteiger charge is 2.15. The van der Waals surface area contributed by atoms with Gasteiger partial charge in [0, 0.05) is 11.6 Å². The Morgan fingerprint density at radius 1 is 1.11 bits per heavy atom. The number of carbonyl (C=O) groups excluding carboxylic acids is 1. The first-order valence-corrected chi connectivity index (χ1v) is 9.20. The average molecular weight is 401 g/mol. The van der Waals surface area contributed by atoms with Crippen LogP contribution in [0, 0.1) is 6.92 Å². The van der Waals surface area contributed by atoms with Crippen molar-refractivity contribution in [1.82, 2.24) is 10.3 Å². The molecule has 2 aromatic carbocycles. The van der Waals surface area contributed by atoms with E-state index in [9.17, 15) is 4.79 Å². The first-order valence-electron chi connectivity index (χ1n) is 8.44. The third kappa shape index (κ3) is 5.22. The zero-order chi connectivity index (χ0) is 19.2. The molecule has 1 amide bonds. The van der Waals surface area contributed by atoms with Crippen LogP contribution >= 0.6 is 23.2 Å². The molecule has 3 aromatic rings. The number of aromatic nitrogens is 1. The minimum absolute atomic E-state index is 0.225. The van der Waals surface area contributed by atoms with Gasteiger partial charge in [-0.15, -0.1) is 0 Å². The summed E-state index contributed by atoms with van der Waals surface area (Å²) in [5, 5.41) is 3.78. The van der Waals surface area contributed by atoms with Gasteiger partial charge in [0.05, 0.1) is 11.8 Å². The number of nitrogens with one attached hydrogen (secondary N) is 1. The molecular weight excluding hydrogens is 383 g/mol. The van der Waals surface area contributed by atoms with Crippen molar-refractivity contribution in [2.45, 2.75) is 13.3 Å². The molecule has 0 saturated heterocycles. The first kappa shape index (κ1) is 19.2. The van der Waals surface area contributed by atoms with E-state index in [4.69, 9.17) is 27.9 Å². The van der Waals surface area contributed by atoms with E-state index >= 15 is 0 Å². The fraction of sp³-hybridized carbons (Fsp3) is 0.143. The predicted octanol–water partition coefficient (Wildman–Crippen LogP) is 5.46. The third-order valence-electron chi connectivity index (χ3n) is 3.93. The van der Waals surface area contributed by atoms with Gasteiger partial charge in [-0.3, -0.25) is 4.79 Å². The highest BCUT2D eigenvalue weighted by Crippen LogP contribution is 2.27. The van der Waals surface area contributed by atoms with E-state index in [-0.39, 0.29) is 11.1 Å². The predicted molar refractivity (Wildman–Crippen MR) is 108 cm³/mol. The topological polar surface area (TPSA) is 51.2 Å². The summed E-state index contributed by atoms with van der Waals surface area (Å²) >= 11 is 12.1. The Balaban J connectivity index is 1.72. The lowest BCUT2D eigenvalue weighted by atomic mass is 10.1. The van der Waals surface area contributed by atoms with Crippen molar-refractivity contribution in [1.29, 1.82) is 0 Å². The summed E-state index contributed by atoms with van der Waals surface area (Å²) in [7, 11) is 0. The van der Waals surface area contributed by atoms with Crippen LogP contribution in [0.1, 0.15) is 21.5 Å². The number of hydrogen-bond donors (Lipinski definition) is 1. The number of ether oxygens (including phenoxy) is 1. The van der Waals surface area contributed by atoms with E-state index in [2.05, 4.69) is 10.3 Å². The van der Waals surface area contributed by atoms with Crippen molar-refractivity contribution in [2.24, 2.45) is 0 Å². The minimum Gasteiger partial charge on any atom is -0.455 e. The molecule has 1 N–H and O–H groups in total. The van der Waals surface area contributed by atoms with Gasteiger partial charge in [0.2, 0.25) is 0 Å². The molecular formula is C21H18Cl2N2O2. The molecule has 27 heavy (non-hydrogen) atoms. The molecule has 0 radical (unpaired) electrons. The maximum atomic E-state index is 12.6. The van der Waals surface area contributed by atoms with E-state index in [1.807, 2.05) is 55.5 Å². The molecule has 0 atom stereocenters. The van der Waals surface area contributed by atoms with Crippen molar-refractivity contribution in [3.05, 3.63) is 87.7 Å². The van der Waals surface area contributed by atoms with E-state index in [0.29, 0.717) is 35.1 Å². The second-order valence-electron chi connectivity index (χ2n) is 6.02. The van der Waals surface area contributed by atoms with Crippen molar-refractivity contribution in [3.63, 3.8) is 0 Å². The lowest BCUT2D eigenvalue weighted by Crippen LogP contribution is -2.26. The van der Waals surface area contributed by atoms with Crippen LogP contribution < -0.4 is 10.1 Å². The summed E-state index contributed by atoms with van der Waals surface area (Å²) in [4.78, 5) is 16.7. The van der Waals surface area contributed by atoms with E-state index < -0.39 is 0 Å². The lowest BCUT2D eigenvalue weighted by molar-refractivity contribution is 0.0951. The van der Waals surface area contributed by atoms with E-state index in [0.717, 1.165) is 11.1 Å². The molecule has 0 aliphatic rings. The van der Waals surface area contributed by atoms with Gasteiger partial charge in [-0.2, -0.15) is 0 Å². The van der Waals surface area contributed by atoms with Crippen molar-refractivity contribution >= 4 is 29.1 Å². The molecule has 0 aliphatic carbocycles. The van der Waals surface area contributed by atoms with Crippen LogP contribution in [-0.4, -0.2) is 17.4 Å². The highest BCUT2D eigenvalue weighted by atomic mass is 35.5. The number of amides is 1. The van der Waals surface area contributed by atoms with Crippen LogP contribution in [0.2, 0.25) is 10.2 Å². The monoisotopic (exact) mass is 400 g/mol. The Morgan fingerprint density at radius 2 is 1.93 bits per heavy atom. The second-order valence-corrected chi connectivity index (χ2v) is 6.81. The second kappa shape index (κ2) is 8.89. The molecule has 3 rings (SSSR count). The van der Waals surface area contributed by atoms with Gasteiger partial charge in [0.1, 0.15) is 10.9 Å². The zero-order valence-electron chi connectivity index (χ0n) is 14.7. The van der Waals surface area contributed by atoms with Crippen LogP contribution in [0.15, 0.2) is 60.8 Å². The number of aryl methyl sites for hydroxylation is 1. The number of halogens is 2. The summed E-state index contributed by atoms with van der Waals surface area (Å²) in [6, 6.07) is 16.6. The highest BCUT2D eigenvalue weighted by molar-refractivity contribution is 6.31. The fourth-order valence-corrected chi connectivity index (χ4v) is 2.98. The normalized spacial score (nSPS) is 10.5. The molecule has 0 fully saturated rings. The Bertz CT molecular complexity index is 960. The van der Waals surface area contributed by atoms with Gasteiger partial charge in [-0.1, -0.05) is 53.5 Å². The van der Waals surface area contributed by atoms with E-state index in [1.54, 1.807) is 0 Å². The van der Waals surface area contributed by atoms with Gasteiger partial charge < -0.3 is 10.1 Å². The third-order valence-corrected chi connectivity index (χ3v) is 4.51. The summed E-state index contributed by atoms with van der Waals surface area (Å²) in [6.45, 7) is 2.40. The molecule has 0 spiro atoms. The first-order chi connectivity index (χ1) is 13.0. The summed E-state index contributed by atoms with van der Waals surface area (Å²) in [5.74, 6) is 0.693. The summed E-state index contributed by atoms with van der Waals surface area (Å²) in [5.41, 5.74) is 2.36. The molecule has 0 saturated carbocycles. The van der Waals surface area contributed by atoms with Crippen LogP contribution in [-0.2, 0) is 6.42 Å². The maximum Gasteiger partial charge on any atom is 0.255 e. The number of nitrogens with zero attached hydrogens (tertiary/aromatic N) is 1. The quantitative estimate of drug-likeness (QED) is 0.558. The number of pyridine rings is 1. The summed E-state index contributed by atoms with van der Waals surface area (Å²) < 4.78 is 5.85. The molecule has 4 nitrogen and oxygen atoms in total. The number of hydrogen-bond acceptors (Lipinski definition) is 3. The lowest BCUT2D eigenvalue weighted by Gasteiger charge is -2.12. The number of rotatable bonds is 6. The van der Waals surface area contributed by atoms with Crippen LogP contribution in [0.4, 0.5) is 0 Å². The van der Waals surface area contributed by atoms with Crippen molar-refractivity contribution in [2.75, 3.05) is 6.54 Å². The van der Waals surface area contributed by atoms with Crippen LogP contribution in [0.25, 0.3) is 0 Å². The van der Waals surface area contributed by atoms with Gasteiger partial charge in [-0.25, -0.2) is 4.98 Å². The fourth-order valence-electron chi connectivity index (χ4n) is 2.59. The summed E-state index contributed by atoms with van der Waals surface area (Å²) in [6.07, 6.45) is 2.08. The van der Waals surface area contributed by atoms with Gasteiger partial charge >= 0.3 is 0 Å². The average Bonchev–Trinajstić information content (AvgIpc) is 2.65. The Morgan fingerprint density at radius 3 is 2.70 bits per heavy atom. The van der Waals surface area contributed by atoms with Crippen LogP contribution in [0.3, 0.4) is 0 Å². The smallest absolute Gasteiger partial charge is 0.255 e. The Labute approximate surface area is 168 Å². The molecule has 0 unspecified atom stereocenters. The van der Waals surface area contributed by atoms with Crippen LogP contribution in [0.5, 0.6) is 11.5 Å². The van der Waals surface area contributed by atoms with Gasteiger partial charge in [0.25, 0.3) is 5.91 Å². The molecule has 0 aliphatic heterocycles. The number of benzene rings is 2. The molecule has 6 heteroatoms. The molecule has 1 heterocycles. The van der Waals surface area contributed by atoms with E-state index in [1.165, 1.54) is 12.3 Å². The molecule has 138 valence electrons. The zero-order valence-corrected chi connectivity index (χ0v) is 16.2. The minimum atomic E-state index is -0.283. The maximum absolute atomic E-state index is 12.6. The molecule has 1 aromatic heterocycles. The largest absolute Gasteiger partial charge is 0.455 e. The van der Waals surface area contributed by atoms with Crippen molar-refractivity contribution in [3.8, 4) is 11.5 Å². The standard InChI is InChI=1S/C21H18Cl2N2O2/c1-14-5-4-7-16(11-14)27-19-13-25-20(23)12-17(19)21(26)24-10-9-15-6-2-3-8-18(15)22/h2-8,11-13H,9-10H2,1H3,(H,24,26). The Hall–Kier alpha value is -2.56.